The summed E-state index contributed by atoms with van der Waals surface area (Å²) in [6, 6.07) is 11.7. The lowest BCUT2D eigenvalue weighted by atomic mass is 10.2. The highest BCUT2D eigenvalue weighted by Crippen LogP contribution is 2.24. The molecular weight excluding hydrogens is 406 g/mol. The van der Waals surface area contributed by atoms with E-state index in [1.807, 2.05) is 25.1 Å². The molecule has 4 rings (SSSR count). The Balaban J connectivity index is 1.60. The average molecular weight is 429 g/mol. The van der Waals surface area contributed by atoms with Crippen molar-refractivity contribution in [3.63, 3.8) is 0 Å². The standard InChI is InChI=1S/C21H23N3O5S/c1-15-7-3-4-8-17(15)22-20(25)14-24-18-10-9-16(13-19(18)29-21(24)26)30(27,28)23-11-5-2-6-12-23/h3-4,7-10,13H,2,5-6,11-12,14H2,1H3,(H,22,25). The van der Waals surface area contributed by atoms with Crippen LogP contribution in [0.2, 0.25) is 0 Å². The number of carbonyl (C=O) groups excluding carboxylic acids is 1. The van der Waals surface area contributed by atoms with Gasteiger partial charge in [-0.25, -0.2) is 13.2 Å². The van der Waals surface area contributed by atoms with E-state index in [1.165, 1.54) is 27.1 Å². The Morgan fingerprint density at radius 2 is 1.83 bits per heavy atom. The quantitative estimate of drug-likeness (QED) is 0.672. The van der Waals surface area contributed by atoms with Crippen molar-refractivity contribution in [3.05, 3.63) is 58.6 Å². The maximum Gasteiger partial charge on any atom is 0.420 e. The van der Waals surface area contributed by atoms with Gasteiger partial charge in [-0.15, -0.1) is 0 Å². The van der Waals surface area contributed by atoms with Crippen LogP contribution in [-0.4, -0.2) is 36.3 Å². The third kappa shape index (κ3) is 3.90. The molecule has 1 aromatic heterocycles. The van der Waals surface area contributed by atoms with Gasteiger partial charge >= 0.3 is 5.76 Å². The Bertz CT molecular complexity index is 1250. The number of fused-ring (bicyclic) bond motifs is 1. The normalized spacial score (nSPS) is 15.4. The first kappa shape index (κ1) is 20.4. The number of piperidine rings is 1. The molecule has 9 heteroatoms. The number of carbonyl (C=O) groups is 1. The van der Waals surface area contributed by atoms with Crippen molar-refractivity contribution in [2.45, 2.75) is 37.6 Å². The molecule has 0 unspecified atom stereocenters. The van der Waals surface area contributed by atoms with Crippen LogP contribution in [0.4, 0.5) is 5.69 Å². The molecule has 3 aromatic rings. The second-order valence-corrected chi connectivity index (χ2v) is 9.35. The van der Waals surface area contributed by atoms with Gasteiger partial charge < -0.3 is 9.73 Å². The first-order valence-electron chi connectivity index (χ1n) is 9.85. The molecule has 1 aliphatic rings. The number of amides is 1. The summed E-state index contributed by atoms with van der Waals surface area (Å²) in [7, 11) is -3.64. The van der Waals surface area contributed by atoms with Crippen LogP contribution in [0.3, 0.4) is 0 Å². The van der Waals surface area contributed by atoms with Crippen LogP contribution < -0.4 is 11.1 Å². The fraction of sp³-hybridized carbons (Fsp3) is 0.333. The number of nitrogens with one attached hydrogen (secondary N) is 1. The van der Waals surface area contributed by atoms with E-state index in [9.17, 15) is 18.0 Å². The molecule has 0 atom stereocenters. The summed E-state index contributed by atoms with van der Waals surface area (Å²) in [5, 5.41) is 2.78. The summed E-state index contributed by atoms with van der Waals surface area (Å²) in [6.07, 6.45) is 2.69. The highest BCUT2D eigenvalue weighted by Gasteiger charge is 2.27. The summed E-state index contributed by atoms with van der Waals surface area (Å²) in [5.41, 5.74) is 2.08. The number of aromatic nitrogens is 1. The van der Waals surface area contributed by atoms with Crippen LogP contribution in [0.5, 0.6) is 0 Å². The predicted octanol–water partition coefficient (Wildman–Crippen LogP) is 2.72. The number of aryl methyl sites for hydroxylation is 1. The van der Waals surface area contributed by atoms with Crippen molar-refractivity contribution < 1.29 is 17.6 Å². The minimum Gasteiger partial charge on any atom is -0.408 e. The van der Waals surface area contributed by atoms with Gasteiger partial charge in [-0.05, 0) is 43.5 Å². The van der Waals surface area contributed by atoms with E-state index in [4.69, 9.17) is 4.42 Å². The molecule has 1 aliphatic heterocycles. The lowest BCUT2D eigenvalue weighted by molar-refractivity contribution is -0.116. The van der Waals surface area contributed by atoms with Gasteiger partial charge in [0.15, 0.2) is 5.58 Å². The monoisotopic (exact) mass is 429 g/mol. The van der Waals surface area contributed by atoms with Crippen molar-refractivity contribution in [3.8, 4) is 0 Å². The Kier molecular flexibility index (Phi) is 5.48. The molecule has 0 radical (unpaired) electrons. The van der Waals surface area contributed by atoms with E-state index < -0.39 is 15.8 Å². The predicted molar refractivity (Wildman–Crippen MR) is 113 cm³/mol. The van der Waals surface area contributed by atoms with E-state index in [-0.39, 0.29) is 22.9 Å². The molecule has 0 saturated carbocycles. The highest BCUT2D eigenvalue weighted by atomic mass is 32.2. The number of para-hydroxylation sites is 1. The van der Waals surface area contributed by atoms with Crippen molar-refractivity contribution in [2.75, 3.05) is 18.4 Å². The SMILES string of the molecule is Cc1ccccc1NC(=O)Cn1c(=O)oc2cc(S(=O)(=O)N3CCCCC3)ccc21. The van der Waals surface area contributed by atoms with Crippen LogP contribution >= 0.6 is 0 Å². The van der Waals surface area contributed by atoms with E-state index in [1.54, 1.807) is 6.07 Å². The first-order chi connectivity index (χ1) is 14.4. The number of nitrogens with zero attached hydrogens (tertiary/aromatic N) is 2. The number of hydrogen-bond acceptors (Lipinski definition) is 5. The number of hydrogen-bond donors (Lipinski definition) is 1. The molecule has 1 fully saturated rings. The number of benzene rings is 2. The molecule has 1 amide bonds. The second kappa shape index (κ2) is 8.08. The largest absolute Gasteiger partial charge is 0.420 e. The van der Waals surface area contributed by atoms with E-state index in [2.05, 4.69) is 5.32 Å². The Hall–Kier alpha value is -2.91. The van der Waals surface area contributed by atoms with Gasteiger partial charge in [0.2, 0.25) is 15.9 Å². The van der Waals surface area contributed by atoms with E-state index in [0.29, 0.717) is 24.3 Å². The topological polar surface area (TPSA) is 102 Å². The summed E-state index contributed by atoms with van der Waals surface area (Å²) < 4.78 is 33.6. The Labute approximate surface area is 174 Å². The zero-order valence-electron chi connectivity index (χ0n) is 16.6. The van der Waals surface area contributed by atoms with Crippen molar-refractivity contribution in [1.82, 2.24) is 8.87 Å². The third-order valence-electron chi connectivity index (χ3n) is 5.31. The van der Waals surface area contributed by atoms with Gasteiger partial charge in [0.05, 0.1) is 10.4 Å². The molecular formula is C21H23N3O5S. The fourth-order valence-electron chi connectivity index (χ4n) is 3.66. The molecule has 158 valence electrons. The zero-order valence-corrected chi connectivity index (χ0v) is 17.4. The summed E-state index contributed by atoms with van der Waals surface area (Å²) in [4.78, 5) is 24.8. The average Bonchev–Trinajstić information content (AvgIpc) is 3.04. The molecule has 1 N–H and O–H groups in total. The Morgan fingerprint density at radius 1 is 1.10 bits per heavy atom. The molecule has 0 aliphatic carbocycles. The molecule has 2 heterocycles. The molecule has 8 nitrogen and oxygen atoms in total. The van der Waals surface area contributed by atoms with Gasteiger partial charge in [-0.3, -0.25) is 9.36 Å². The van der Waals surface area contributed by atoms with Gasteiger partial charge in [-0.2, -0.15) is 4.31 Å². The second-order valence-electron chi connectivity index (χ2n) is 7.41. The van der Waals surface area contributed by atoms with Gasteiger partial charge in [0.25, 0.3) is 0 Å². The molecule has 0 spiro atoms. The maximum atomic E-state index is 12.9. The summed E-state index contributed by atoms with van der Waals surface area (Å²) >= 11 is 0. The molecule has 30 heavy (non-hydrogen) atoms. The molecule has 1 saturated heterocycles. The highest BCUT2D eigenvalue weighted by molar-refractivity contribution is 7.89. The maximum absolute atomic E-state index is 12.9. The van der Waals surface area contributed by atoms with Crippen molar-refractivity contribution >= 4 is 32.7 Å². The first-order valence-corrected chi connectivity index (χ1v) is 11.3. The van der Waals surface area contributed by atoms with Gasteiger partial charge in [0, 0.05) is 24.8 Å². The Morgan fingerprint density at radius 3 is 2.57 bits per heavy atom. The lowest BCUT2D eigenvalue weighted by Gasteiger charge is -2.25. The number of sulfonamides is 1. The van der Waals surface area contributed by atoms with E-state index >= 15 is 0 Å². The van der Waals surface area contributed by atoms with E-state index in [0.717, 1.165) is 24.8 Å². The fourth-order valence-corrected chi connectivity index (χ4v) is 5.19. The zero-order chi connectivity index (χ0) is 21.3. The lowest BCUT2D eigenvalue weighted by Crippen LogP contribution is -2.35. The summed E-state index contributed by atoms with van der Waals surface area (Å²) in [5.74, 6) is -1.09. The van der Waals surface area contributed by atoms with Crippen LogP contribution in [0.15, 0.2) is 56.6 Å². The van der Waals surface area contributed by atoms with Crippen LogP contribution in [0, 0.1) is 6.92 Å². The number of anilines is 1. The summed E-state index contributed by atoms with van der Waals surface area (Å²) in [6.45, 7) is 2.62. The van der Waals surface area contributed by atoms with Crippen molar-refractivity contribution in [2.24, 2.45) is 0 Å². The van der Waals surface area contributed by atoms with Crippen LogP contribution in [0.1, 0.15) is 24.8 Å². The number of rotatable bonds is 5. The molecule has 2 aromatic carbocycles. The minimum absolute atomic E-state index is 0.0853. The van der Waals surface area contributed by atoms with Crippen LogP contribution in [-0.2, 0) is 21.4 Å². The van der Waals surface area contributed by atoms with Crippen LogP contribution in [0.25, 0.3) is 11.1 Å². The van der Waals surface area contributed by atoms with Gasteiger partial charge in [-0.1, -0.05) is 24.6 Å². The minimum atomic E-state index is -3.64. The third-order valence-corrected chi connectivity index (χ3v) is 7.21. The number of oxazole rings is 1. The van der Waals surface area contributed by atoms with Gasteiger partial charge in [0.1, 0.15) is 6.54 Å². The van der Waals surface area contributed by atoms with Crippen molar-refractivity contribution in [1.29, 1.82) is 0 Å². The smallest absolute Gasteiger partial charge is 0.408 e. The molecule has 0 bridgehead atoms.